The van der Waals surface area contributed by atoms with Crippen LogP contribution in [0.5, 0.6) is 0 Å². The van der Waals surface area contributed by atoms with Gasteiger partial charge in [-0.15, -0.1) is 0 Å². The fraction of sp³-hybridized carbons (Fsp3) is 0.600. The standard InChI is InChI=1S/C15H21FN2/c1-18(15-5-4-13(17)8-14(15)16)9-12-7-10-2-3-11(12)6-10/h4-5,8,10-12H,2-3,6-7,9,17H2,1H3. The van der Waals surface area contributed by atoms with Crippen molar-refractivity contribution in [3.63, 3.8) is 0 Å². The second-order valence-corrected chi connectivity index (χ2v) is 6.03. The van der Waals surface area contributed by atoms with E-state index in [1.165, 1.54) is 31.7 Å². The summed E-state index contributed by atoms with van der Waals surface area (Å²) in [5, 5.41) is 0. The SMILES string of the molecule is CN(CC1CC2CCC1C2)c1ccc(N)cc1F. The minimum absolute atomic E-state index is 0.208. The van der Waals surface area contributed by atoms with Crippen LogP contribution in [0.1, 0.15) is 25.7 Å². The molecule has 2 nitrogen and oxygen atoms in total. The molecular weight excluding hydrogens is 227 g/mol. The highest BCUT2D eigenvalue weighted by atomic mass is 19.1. The number of nitrogen functional groups attached to an aromatic ring is 1. The lowest BCUT2D eigenvalue weighted by Gasteiger charge is -2.28. The van der Waals surface area contributed by atoms with E-state index in [-0.39, 0.29) is 5.82 Å². The van der Waals surface area contributed by atoms with Gasteiger partial charge >= 0.3 is 0 Å². The Kier molecular flexibility index (Phi) is 2.92. The van der Waals surface area contributed by atoms with Crippen molar-refractivity contribution in [1.29, 1.82) is 0 Å². The zero-order valence-corrected chi connectivity index (χ0v) is 10.9. The lowest BCUT2D eigenvalue weighted by atomic mass is 9.88. The van der Waals surface area contributed by atoms with Gasteiger partial charge in [0.05, 0.1) is 5.69 Å². The molecule has 2 aliphatic rings. The molecule has 18 heavy (non-hydrogen) atoms. The number of rotatable bonds is 3. The first kappa shape index (κ1) is 11.8. The molecule has 2 fully saturated rings. The van der Waals surface area contributed by atoms with Crippen LogP contribution in [-0.4, -0.2) is 13.6 Å². The van der Waals surface area contributed by atoms with E-state index >= 15 is 0 Å². The molecule has 0 aromatic heterocycles. The number of hydrogen-bond acceptors (Lipinski definition) is 2. The Balaban J connectivity index is 1.69. The third kappa shape index (κ3) is 2.06. The lowest BCUT2D eigenvalue weighted by molar-refractivity contribution is 0.337. The molecule has 2 aliphatic carbocycles. The monoisotopic (exact) mass is 248 g/mol. The minimum atomic E-state index is -0.208. The Morgan fingerprint density at radius 2 is 2.17 bits per heavy atom. The smallest absolute Gasteiger partial charge is 0.148 e. The van der Waals surface area contributed by atoms with Gasteiger partial charge in [0.15, 0.2) is 0 Å². The second-order valence-electron chi connectivity index (χ2n) is 6.03. The van der Waals surface area contributed by atoms with Crippen molar-refractivity contribution in [3.05, 3.63) is 24.0 Å². The fourth-order valence-electron chi connectivity index (χ4n) is 3.88. The van der Waals surface area contributed by atoms with Crippen LogP contribution in [0.4, 0.5) is 15.8 Å². The van der Waals surface area contributed by atoms with Gasteiger partial charge in [-0.2, -0.15) is 0 Å². The number of fused-ring (bicyclic) bond motifs is 2. The summed E-state index contributed by atoms with van der Waals surface area (Å²) in [6, 6.07) is 4.97. The van der Waals surface area contributed by atoms with E-state index in [2.05, 4.69) is 4.90 Å². The molecule has 3 rings (SSSR count). The highest BCUT2D eigenvalue weighted by molar-refractivity contribution is 5.54. The average molecular weight is 248 g/mol. The van der Waals surface area contributed by atoms with Gasteiger partial charge in [-0.25, -0.2) is 4.39 Å². The van der Waals surface area contributed by atoms with E-state index in [4.69, 9.17) is 5.73 Å². The topological polar surface area (TPSA) is 29.3 Å². The number of nitrogens with two attached hydrogens (primary N) is 1. The number of anilines is 2. The van der Waals surface area contributed by atoms with Crippen LogP contribution in [-0.2, 0) is 0 Å². The Hall–Kier alpha value is -1.25. The van der Waals surface area contributed by atoms with Gasteiger partial charge in [0.2, 0.25) is 0 Å². The molecule has 1 aromatic rings. The zero-order valence-electron chi connectivity index (χ0n) is 10.9. The van der Waals surface area contributed by atoms with Crippen LogP contribution in [0.25, 0.3) is 0 Å². The maximum atomic E-state index is 13.8. The molecule has 3 unspecified atom stereocenters. The minimum Gasteiger partial charge on any atom is -0.399 e. The summed E-state index contributed by atoms with van der Waals surface area (Å²) in [5.74, 6) is 2.38. The summed E-state index contributed by atoms with van der Waals surface area (Å²) in [7, 11) is 1.99. The quantitative estimate of drug-likeness (QED) is 0.832. The van der Waals surface area contributed by atoms with E-state index in [0.29, 0.717) is 11.4 Å². The molecule has 0 amide bonds. The van der Waals surface area contributed by atoms with Gasteiger partial charge < -0.3 is 10.6 Å². The molecule has 2 N–H and O–H groups in total. The van der Waals surface area contributed by atoms with Crippen LogP contribution in [0.15, 0.2) is 18.2 Å². The summed E-state index contributed by atoms with van der Waals surface area (Å²) >= 11 is 0. The maximum Gasteiger partial charge on any atom is 0.148 e. The van der Waals surface area contributed by atoms with Crippen LogP contribution in [0.2, 0.25) is 0 Å². The van der Waals surface area contributed by atoms with Crippen molar-refractivity contribution < 1.29 is 4.39 Å². The van der Waals surface area contributed by atoms with Crippen LogP contribution in [0, 0.1) is 23.6 Å². The molecule has 2 saturated carbocycles. The summed E-state index contributed by atoms with van der Waals surface area (Å²) in [4.78, 5) is 2.06. The van der Waals surface area contributed by atoms with E-state index in [9.17, 15) is 4.39 Å². The van der Waals surface area contributed by atoms with Gasteiger partial charge in [-0.1, -0.05) is 6.42 Å². The Bertz CT molecular complexity index is 446. The first-order valence-corrected chi connectivity index (χ1v) is 6.89. The summed E-state index contributed by atoms with van der Waals surface area (Å²) in [6.45, 7) is 0.974. The van der Waals surface area contributed by atoms with E-state index in [1.807, 2.05) is 7.05 Å². The molecule has 3 heteroatoms. The summed E-state index contributed by atoms with van der Waals surface area (Å²) < 4.78 is 13.8. The van der Waals surface area contributed by atoms with E-state index < -0.39 is 0 Å². The normalized spacial score (nSPS) is 29.8. The first-order valence-electron chi connectivity index (χ1n) is 6.89. The van der Waals surface area contributed by atoms with Crippen molar-refractivity contribution in [2.75, 3.05) is 24.2 Å². The Morgan fingerprint density at radius 3 is 2.78 bits per heavy atom. The van der Waals surface area contributed by atoms with Crippen LogP contribution >= 0.6 is 0 Å². The van der Waals surface area contributed by atoms with Crippen LogP contribution in [0.3, 0.4) is 0 Å². The maximum absolute atomic E-state index is 13.8. The van der Waals surface area contributed by atoms with Crippen molar-refractivity contribution in [3.8, 4) is 0 Å². The molecule has 2 bridgehead atoms. The predicted molar refractivity (Wildman–Crippen MR) is 73.0 cm³/mol. The first-order chi connectivity index (χ1) is 8.63. The molecule has 0 spiro atoms. The number of nitrogens with zero attached hydrogens (tertiary/aromatic N) is 1. The predicted octanol–water partition coefficient (Wildman–Crippen LogP) is 3.28. The lowest BCUT2D eigenvalue weighted by Crippen LogP contribution is -2.29. The number of benzene rings is 1. The van der Waals surface area contributed by atoms with E-state index in [0.717, 1.165) is 24.3 Å². The third-order valence-corrected chi connectivity index (χ3v) is 4.78. The van der Waals surface area contributed by atoms with Crippen molar-refractivity contribution in [1.82, 2.24) is 0 Å². The van der Waals surface area contributed by atoms with Gasteiger partial charge in [-0.3, -0.25) is 0 Å². The average Bonchev–Trinajstić information content (AvgIpc) is 2.90. The Morgan fingerprint density at radius 1 is 1.33 bits per heavy atom. The van der Waals surface area contributed by atoms with Crippen molar-refractivity contribution >= 4 is 11.4 Å². The van der Waals surface area contributed by atoms with Gasteiger partial charge in [0, 0.05) is 19.3 Å². The number of halogens is 1. The molecule has 0 aliphatic heterocycles. The second kappa shape index (κ2) is 4.45. The van der Waals surface area contributed by atoms with Crippen molar-refractivity contribution in [2.45, 2.75) is 25.7 Å². The fourth-order valence-corrected chi connectivity index (χ4v) is 3.88. The van der Waals surface area contributed by atoms with Gasteiger partial charge in [0.25, 0.3) is 0 Å². The molecule has 0 heterocycles. The van der Waals surface area contributed by atoms with Gasteiger partial charge in [-0.05, 0) is 55.2 Å². The van der Waals surface area contributed by atoms with Gasteiger partial charge in [0.1, 0.15) is 5.82 Å². The molecule has 3 atom stereocenters. The molecular formula is C15H21FN2. The third-order valence-electron chi connectivity index (χ3n) is 4.78. The Labute approximate surface area is 108 Å². The molecule has 1 aromatic carbocycles. The van der Waals surface area contributed by atoms with E-state index in [1.54, 1.807) is 12.1 Å². The number of hydrogen-bond donors (Lipinski definition) is 1. The zero-order chi connectivity index (χ0) is 12.7. The largest absolute Gasteiger partial charge is 0.399 e. The molecule has 98 valence electrons. The highest BCUT2D eigenvalue weighted by Gasteiger charge is 2.39. The summed E-state index contributed by atoms with van der Waals surface area (Å²) in [5.41, 5.74) is 6.75. The molecule has 0 radical (unpaired) electrons. The van der Waals surface area contributed by atoms with Crippen LogP contribution < -0.4 is 10.6 Å². The highest BCUT2D eigenvalue weighted by Crippen LogP contribution is 2.48. The van der Waals surface area contributed by atoms with Crippen molar-refractivity contribution in [2.24, 2.45) is 17.8 Å². The summed E-state index contributed by atoms with van der Waals surface area (Å²) in [6.07, 6.45) is 5.54. The molecule has 0 saturated heterocycles.